The third-order valence-electron chi connectivity index (χ3n) is 4.96. The van der Waals surface area contributed by atoms with Crippen LogP contribution in [0.5, 0.6) is 0 Å². The lowest BCUT2D eigenvalue weighted by atomic mass is 10.2. The number of methoxy groups -OCH3 is 1. The van der Waals surface area contributed by atoms with Crippen molar-refractivity contribution < 1.29 is 18.7 Å². The topological polar surface area (TPSA) is 63.0 Å². The van der Waals surface area contributed by atoms with Crippen molar-refractivity contribution >= 4 is 29.7 Å². The lowest BCUT2D eigenvalue weighted by Gasteiger charge is -2.21. The SMILES string of the molecule is COC(=O)c1ccc(CN2CCCN(C(=O)CCS/C=C\c3ccccc3)CC2)o1. The molecule has 1 saturated heterocycles. The second kappa shape index (κ2) is 11.6. The summed E-state index contributed by atoms with van der Waals surface area (Å²) < 4.78 is 10.2. The lowest BCUT2D eigenvalue weighted by molar-refractivity contribution is -0.130. The molecule has 0 saturated carbocycles. The summed E-state index contributed by atoms with van der Waals surface area (Å²) in [4.78, 5) is 28.3. The second-order valence-corrected chi connectivity index (χ2v) is 8.12. The largest absolute Gasteiger partial charge is 0.463 e. The number of carbonyl (C=O) groups is 2. The van der Waals surface area contributed by atoms with Crippen molar-refractivity contribution in [2.75, 3.05) is 39.0 Å². The van der Waals surface area contributed by atoms with Crippen LogP contribution in [0.1, 0.15) is 34.7 Å². The van der Waals surface area contributed by atoms with Crippen molar-refractivity contribution in [2.24, 2.45) is 0 Å². The molecule has 0 atom stereocenters. The van der Waals surface area contributed by atoms with Gasteiger partial charge in [0.2, 0.25) is 11.7 Å². The molecular formula is C23H28N2O4S. The number of furan rings is 1. The first kappa shape index (κ1) is 22.2. The van der Waals surface area contributed by atoms with E-state index in [-0.39, 0.29) is 11.7 Å². The second-order valence-electron chi connectivity index (χ2n) is 7.10. The normalized spacial score (nSPS) is 15.3. The molecule has 1 aliphatic heterocycles. The highest BCUT2D eigenvalue weighted by molar-refractivity contribution is 8.02. The van der Waals surface area contributed by atoms with Crippen LogP contribution in [0.3, 0.4) is 0 Å². The standard InChI is InChI=1S/C23H28N2O4S/c1-28-23(27)21-9-8-20(29-21)18-24-12-5-13-25(15-14-24)22(26)11-17-30-16-10-19-6-3-2-4-7-19/h2-4,6-10,16H,5,11-15,17-18H2,1H3/b16-10-. The molecule has 2 heterocycles. The van der Waals surface area contributed by atoms with Gasteiger partial charge < -0.3 is 14.1 Å². The zero-order chi connectivity index (χ0) is 21.2. The van der Waals surface area contributed by atoms with E-state index in [4.69, 9.17) is 4.42 Å². The van der Waals surface area contributed by atoms with Crippen LogP contribution in [0.25, 0.3) is 6.08 Å². The van der Waals surface area contributed by atoms with E-state index in [9.17, 15) is 9.59 Å². The van der Waals surface area contributed by atoms with Gasteiger partial charge in [-0.3, -0.25) is 9.69 Å². The van der Waals surface area contributed by atoms with Crippen molar-refractivity contribution in [1.82, 2.24) is 9.80 Å². The first-order valence-corrected chi connectivity index (χ1v) is 11.2. The van der Waals surface area contributed by atoms with Crippen molar-refractivity contribution in [1.29, 1.82) is 0 Å². The fraction of sp³-hybridized carbons (Fsp3) is 0.391. The number of carbonyl (C=O) groups excluding carboxylic acids is 2. The molecule has 2 aromatic rings. The fourth-order valence-corrected chi connectivity index (χ4v) is 4.02. The smallest absolute Gasteiger partial charge is 0.373 e. The lowest BCUT2D eigenvalue weighted by Crippen LogP contribution is -2.35. The summed E-state index contributed by atoms with van der Waals surface area (Å²) in [5, 5.41) is 2.05. The summed E-state index contributed by atoms with van der Waals surface area (Å²) in [5.41, 5.74) is 1.17. The monoisotopic (exact) mass is 428 g/mol. The fourth-order valence-electron chi connectivity index (χ4n) is 3.34. The summed E-state index contributed by atoms with van der Waals surface area (Å²) in [6.45, 7) is 3.81. The number of ether oxygens (including phenoxy) is 1. The van der Waals surface area contributed by atoms with Crippen LogP contribution in [0.4, 0.5) is 0 Å². The van der Waals surface area contributed by atoms with Crippen molar-refractivity contribution in [3.63, 3.8) is 0 Å². The maximum Gasteiger partial charge on any atom is 0.373 e. The van der Waals surface area contributed by atoms with Gasteiger partial charge in [0.1, 0.15) is 5.76 Å². The summed E-state index contributed by atoms with van der Waals surface area (Å²) in [5.74, 6) is 1.48. The van der Waals surface area contributed by atoms with Crippen LogP contribution < -0.4 is 0 Å². The molecule has 0 N–H and O–H groups in total. The minimum Gasteiger partial charge on any atom is -0.463 e. The summed E-state index contributed by atoms with van der Waals surface area (Å²) in [6.07, 6.45) is 3.54. The van der Waals surface area contributed by atoms with E-state index < -0.39 is 5.97 Å². The van der Waals surface area contributed by atoms with Gasteiger partial charge in [0.15, 0.2) is 0 Å². The summed E-state index contributed by atoms with van der Waals surface area (Å²) in [6, 6.07) is 13.6. The minimum atomic E-state index is -0.467. The van der Waals surface area contributed by atoms with Gasteiger partial charge in [0.25, 0.3) is 0 Å². The molecule has 0 spiro atoms. The highest BCUT2D eigenvalue weighted by Crippen LogP contribution is 2.15. The van der Waals surface area contributed by atoms with Crippen LogP contribution >= 0.6 is 11.8 Å². The number of hydrogen-bond acceptors (Lipinski definition) is 6. The molecule has 30 heavy (non-hydrogen) atoms. The van der Waals surface area contributed by atoms with E-state index in [0.717, 1.165) is 37.6 Å². The zero-order valence-corrected chi connectivity index (χ0v) is 18.1. The Balaban J connectivity index is 1.38. The molecule has 0 unspecified atom stereocenters. The molecule has 1 fully saturated rings. The molecule has 160 valence electrons. The van der Waals surface area contributed by atoms with Gasteiger partial charge in [0, 0.05) is 38.4 Å². The first-order valence-electron chi connectivity index (χ1n) is 10.2. The number of esters is 1. The third-order valence-corrected chi connectivity index (χ3v) is 5.73. The molecular weight excluding hydrogens is 400 g/mol. The van der Waals surface area contributed by atoms with Gasteiger partial charge in [-0.25, -0.2) is 4.79 Å². The van der Waals surface area contributed by atoms with Gasteiger partial charge in [-0.15, -0.1) is 11.8 Å². The predicted octanol–water partition coefficient (Wildman–Crippen LogP) is 3.89. The molecule has 7 heteroatoms. The van der Waals surface area contributed by atoms with Crippen molar-refractivity contribution in [2.45, 2.75) is 19.4 Å². The summed E-state index contributed by atoms with van der Waals surface area (Å²) in [7, 11) is 1.34. The molecule has 3 rings (SSSR count). The Labute approximate surface area is 181 Å². The quantitative estimate of drug-likeness (QED) is 0.469. The van der Waals surface area contributed by atoms with Crippen molar-refractivity contribution in [3.8, 4) is 0 Å². The predicted molar refractivity (Wildman–Crippen MR) is 119 cm³/mol. The molecule has 0 aliphatic carbocycles. The maximum atomic E-state index is 12.6. The zero-order valence-electron chi connectivity index (χ0n) is 17.3. The molecule has 0 bridgehead atoms. The first-order chi connectivity index (χ1) is 14.7. The van der Waals surface area contributed by atoms with Crippen LogP contribution in [0.2, 0.25) is 0 Å². The van der Waals surface area contributed by atoms with Gasteiger partial charge in [-0.05, 0) is 35.6 Å². The Kier molecular flexibility index (Phi) is 8.59. The summed E-state index contributed by atoms with van der Waals surface area (Å²) >= 11 is 1.67. The minimum absolute atomic E-state index is 0.212. The average molecular weight is 429 g/mol. The maximum absolute atomic E-state index is 12.6. The van der Waals surface area contributed by atoms with Crippen LogP contribution in [0, 0.1) is 0 Å². The van der Waals surface area contributed by atoms with Crippen LogP contribution in [0.15, 0.2) is 52.3 Å². The van der Waals surface area contributed by atoms with E-state index in [1.807, 2.05) is 23.1 Å². The number of hydrogen-bond donors (Lipinski definition) is 0. The molecule has 1 amide bonds. The molecule has 1 aromatic carbocycles. The number of rotatable bonds is 8. The number of nitrogens with zero attached hydrogens (tertiary/aromatic N) is 2. The van der Waals surface area contributed by atoms with Gasteiger partial charge >= 0.3 is 5.97 Å². The third kappa shape index (κ3) is 6.78. The number of amides is 1. The number of thioether (sulfide) groups is 1. The number of benzene rings is 1. The van der Waals surface area contributed by atoms with Crippen LogP contribution in [-0.4, -0.2) is 60.7 Å². The Hall–Kier alpha value is -2.51. The Bertz CT molecular complexity index is 850. The van der Waals surface area contributed by atoms with Crippen molar-refractivity contribution in [3.05, 3.63) is 65.0 Å². The van der Waals surface area contributed by atoms with E-state index in [1.54, 1.807) is 23.9 Å². The van der Waals surface area contributed by atoms with E-state index in [2.05, 4.69) is 33.3 Å². The molecule has 6 nitrogen and oxygen atoms in total. The Morgan fingerprint density at radius 3 is 2.73 bits per heavy atom. The van der Waals surface area contributed by atoms with Gasteiger partial charge in [-0.2, -0.15) is 0 Å². The van der Waals surface area contributed by atoms with E-state index >= 15 is 0 Å². The highest BCUT2D eigenvalue weighted by atomic mass is 32.2. The van der Waals surface area contributed by atoms with Crippen LogP contribution in [-0.2, 0) is 16.1 Å². The molecule has 0 radical (unpaired) electrons. The molecule has 1 aliphatic rings. The highest BCUT2D eigenvalue weighted by Gasteiger charge is 2.20. The van der Waals surface area contributed by atoms with Gasteiger partial charge in [-0.1, -0.05) is 30.3 Å². The van der Waals surface area contributed by atoms with E-state index in [1.165, 1.54) is 12.7 Å². The average Bonchev–Trinajstić information content (AvgIpc) is 3.11. The van der Waals surface area contributed by atoms with E-state index in [0.29, 0.717) is 19.5 Å². The molecule has 1 aromatic heterocycles. The Morgan fingerprint density at radius 2 is 1.93 bits per heavy atom. The van der Waals surface area contributed by atoms with Gasteiger partial charge in [0.05, 0.1) is 13.7 Å². The Morgan fingerprint density at radius 1 is 1.10 bits per heavy atom.